The van der Waals surface area contributed by atoms with Crippen LogP contribution in [0.25, 0.3) is 11.3 Å². The van der Waals surface area contributed by atoms with Crippen LogP contribution in [0.1, 0.15) is 19.1 Å². The Kier molecular flexibility index (Phi) is 4.71. The molecule has 1 aromatic carbocycles. The molecule has 0 saturated heterocycles. The minimum Gasteiger partial charge on any atom is -0.460 e. The van der Waals surface area contributed by atoms with E-state index in [1.807, 2.05) is 0 Å². The van der Waals surface area contributed by atoms with Gasteiger partial charge in [-0.15, -0.1) is 0 Å². The zero-order chi connectivity index (χ0) is 13.8. The summed E-state index contributed by atoms with van der Waals surface area (Å²) in [6, 6.07) is 5.84. The van der Waals surface area contributed by atoms with E-state index in [9.17, 15) is 8.78 Å². The van der Waals surface area contributed by atoms with Gasteiger partial charge in [-0.1, -0.05) is 6.92 Å². The van der Waals surface area contributed by atoms with Crippen LogP contribution in [0.5, 0.6) is 0 Å². The molecule has 0 unspecified atom stereocenters. The Balaban J connectivity index is 2.25. The molecule has 0 aliphatic carbocycles. The van der Waals surface area contributed by atoms with Gasteiger partial charge < -0.3 is 9.73 Å². The van der Waals surface area contributed by atoms with Crippen molar-refractivity contribution in [1.29, 1.82) is 0 Å². The van der Waals surface area contributed by atoms with Crippen molar-refractivity contribution in [2.45, 2.75) is 19.9 Å². The molecule has 0 saturated carbocycles. The van der Waals surface area contributed by atoms with E-state index >= 15 is 0 Å². The fourth-order valence-corrected chi connectivity index (χ4v) is 2.08. The molecule has 1 heterocycles. The van der Waals surface area contributed by atoms with Gasteiger partial charge in [-0.05, 0) is 53.2 Å². The third kappa shape index (κ3) is 3.22. The van der Waals surface area contributed by atoms with E-state index in [4.69, 9.17) is 4.42 Å². The van der Waals surface area contributed by atoms with Gasteiger partial charge in [0.05, 0.1) is 16.6 Å². The van der Waals surface area contributed by atoms with Gasteiger partial charge in [-0.3, -0.25) is 0 Å². The summed E-state index contributed by atoms with van der Waals surface area (Å²) >= 11 is 3.04. The van der Waals surface area contributed by atoms with Crippen LogP contribution in [0.4, 0.5) is 8.78 Å². The topological polar surface area (TPSA) is 25.2 Å². The Bertz CT molecular complexity index is 569. The normalized spacial score (nSPS) is 10.9. The van der Waals surface area contributed by atoms with Crippen LogP contribution in [-0.4, -0.2) is 6.54 Å². The summed E-state index contributed by atoms with van der Waals surface area (Å²) in [6.45, 7) is 3.48. The van der Waals surface area contributed by atoms with Gasteiger partial charge in [-0.25, -0.2) is 8.78 Å². The number of furan rings is 1. The molecule has 0 fully saturated rings. The first-order valence-corrected chi connectivity index (χ1v) is 6.86. The summed E-state index contributed by atoms with van der Waals surface area (Å²) < 4.78 is 33.3. The molecule has 0 radical (unpaired) electrons. The monoisotopic (exact) mass is 329 g/mol. The Morgan fingerprint density at radius 3 is 2.74 bits per heavy atom. The molecule has 2 nitrogen and oxygen atoms in total. The zero-order valence-electron chi connectivity index (χ0n) is 10.5. The third-order valence-corrected chi connectivity index (χ3v) is 3.29. The summed E-state index contributed by atoms with van der Waals surface area (Å²) in [7, 11) is 0. The summed E-state index contributed by atoms with van der Waals surface area (Å²) in [5.74, 6) is -0.433. The second kappa shape index (κ2) is 6.30. The molecule has 102 valence electrons. The minimum absolute atomic E-state index is 0.142. The first-order chi connectivity index (χ1) is 9.13. The molecule has 1 N–H and O–H groups in total. The molecule has 0 bridgehead atoms. The molecule has 0 aliphatic rings. The lowest BCUT2D eigenvalue weighted by Gasteiger charge is -2.04. The van der Waals surface area contributed by atoms with Crippen molar-refractivity contribution >= 4 is 15.9 Å². The molecule has 0 atom stereocenters. The first-order valence-electron chi connectivity index (χ1n) is 6.06. The SMILES string of the molecule is CCCNCc1ccc(-c2c(F)ccc(Br)c2F)o1. The van der Waals surface area contributed by atoms with Crippen LogP contribution in [0.3, 0.4) is 0 Å². The first kappa shape index (κ1) is 14.2. The molecule has 19 heavy (non-hydrogen) atoms. The lowest BCUT2D eigenvalue weighted by Crippen LogP contribution is -2.12. The molecule has 0 spiro atoms. The lowest BCUT2D eigenvalue weighted by molar-refractivity contribution is 0.485. The predicted octanol–water partition coefficient (Wildman–Crippen LogP) is 4.49. The standard InChI is InChI=1S/C14H14BrF2NO/c1-2-7-18-8-9-3-6-12(19-9)13-11(16)5-4-10(15)14(13)17/h3-6,18H,2,7-8H2,1H3. The fourth-order valence-electron chi connectivity index (χ4n) is 1.75. The number of benzene rings is 1. The average Bonchev–Trinajstić information content (AvgIpc) is 2.83. The maximum Gasteiger partial charge on any atom is 0.151 e. The average molecular weight is 330 g/mol. The van der Waals surface area contributed by atoms with Crippen molar-refractivity contribution in [3.63, 3.8) is 0 Å². The van der Waals surface area contributed by atoms with E-state index in [2.05, 4.69) is 28.2 Å². The van der Waals surface area contributed by atoms with Gasteiger partial charge in [-0.2, -0.15) is 0 Å². The fraction of sp³-hybridized carbons (Fsp3) is 0.286. The molecule has 0 amide bonds. The van der Waals surface area contributed by atoms with Crippen molar-refractivity contribution in [1.82, 2.24) is 5.32 Å². The van der Waals surface area contributed by atoms with Crippen molar-refractivity contribution in [2.75, 3.05) is 6.54 Å². The lowest BCUT2D eigenvalue weighted by atomic mass is 10.1. The van der Waals surface area contributed by atoms with Crippen LogP contribution >= 0.6 is 15.9 Å². The molecular formula is C14H14BrF2NO. The maximum absolute atomic E-state index is 13.9. The van der Waals surface area contributed by atoms with E-state index < -0.39 is 11.6 Å². The Morgan fingerprint density at radius 1 is 1.21 bits per heavy atom. The second-order valence-corrected chi connectivity index (χ2v) is 5.02. The highest BCUT2D eigenvalue weighted by Crippen LogP contribution is 2.31. The molecule has 2 rings (SSSR count). The highest BCUT2D eigenvalue weighted by atomic mass is 79.9. The van der Waals surface area contributed by atoms with Crippen LogP contribution < -0.4 is 5.32 Å². The quantitative estimate of drug-likeness (QED) is 0.646. The number of hydrogen-bond acceptors (Lipinski definition) is 2. The molecular weight excluding hydrogens is 316 g/mol. The van der Waals surface area contributed by atoms with Crippen LogP contribution in [-0.2, 0) is 6.54 Å². The van der Waals surface area contributed by atoms with Gasteiger partial charge in [0.25, 0.3) is 0 Å². The predicted molar refractivity (Wildman–Crippen MR) is 73.8 cm³/mol. The highest BCUT2D eigenvalue weighted by molar-refractivity contribution is 9.10. The Labute approximate surface area is 118 Å². The number of rotatable bonds is 5. The molecule has 1 aromatic heterocycles. The number of hydrogen-bond donors (Lipinski definition) is 1. The van der Waals surface area contributed by atoms with Gasteiger partial charge in [0.15, 0.2) is 5.82 Å². The summed E-state index contributed by atoms with van der Waals surface area (Å²) in [5.41, 5.74) is -0.142. The van der Waals surface area contributed by atoms with Gasteiger partial charge in [0.1, 0.15) is 17.3 Å². The minimum atomic E-state index is -0.651. The zero-order valence-corrected chi connectivity index (χ0v) is 12.1. The maximum atomic E-state index is 13.9. The molecule has 5 heteroatoms. The van der Waals surface area contributed by atoms with Gasteiger partial charge >= 0.3 is 0 Å². The van der Waals surface area contributed by atoms with Crippen LogP contribution in [0.2, 0.25) is 0 Å². The highest BCUT2D eigenvalue weighted by Gasteiger charge is 2.17. The summed E-state index contributed by atoms with van der Waals surface area (Å²) in [4.78, 5) is 0. The van der Waals surface area contributed by atoms with Crippen molar-refractivity contribution in [2.24, 2.45) is 0 Å². The van der Waals surface area contributed by atoms with Gasteiger partial charge in [0.2, 0.25) is 0 Å². The summed E-state index contributed by atoms with van der Waals surface area (Å²) in [5, 5.41) is 3.17. The number of nitrogens with one attached hydrogen (secondary N) is 1. The molecule has 0 aliphatic heterocycles. The van der Waals surface area contributed by atoms with E-state index in [1.165, 1.54) is 12.1 Å². The van der Waals surface area contributed by atoms with Gasteiger partial charge in [0, 0.05) is 0 Å². The van der Waals surface area contributed by atoms with Crippen molar-refractivity contribution in [3.05, 3.63) is 46.1 Å². The second-order valence-electron chi connectivity index (χ2n) is 4.16. The van der Waals surface area contributed by atoms with E-state index in [1.54, 1.807) is 12.1 Å². The Morgan fingerprint density at radius 2 is 2.00 bits per heavy atom. The number of halogens is 3. The van der Waals surface area contributed by atoms with Crippen molar-refractivity contribution < 1.29 is 13.2 Å². The summed E-state index contributed by atoms with van der Waals surface area (Å²) in [6.07, 6.45) is 1.02. The van der Waals surface area contributed by atoms with Crippen LogP contribution in [0, 0.1) is 11.6 Å². The Hall–Kier alpha value is -1.20. The largest absolute Gasteiger partial charge is 0.460 e. The third-order valence-electron chi connectivity index (χ3n) is 2.68. The van der Waals surface area contributed by atoms with E-state index in [0.29, 0.717) is 12.3 Å². The van der Waals surface area contributed by atoms with Crippen molar-refractivity contribution in [3.8, 4) is 11.3 Å². The van der Waals surface area contributed by atoms with E-state index in [0.717, 1.165) is 13.0 Å². The smallest absolute Gasteiger partial charge is 0.151 e. The van der Waals surface area contributed by atoms with E-state index in [-0.39, 0.29) is 15.8 Å². The molecule has 2 aromatic rings. The van der Waals surface area contributed by atoms with Crippen LogP contribution in [0.15, 0.2) is 33.2 Å².